The Balaban J connectivity index is 0.00000112. The fourth-order valence-electron chi connectivity index (χ4n) is 8.04. The maximum Gasteiger partial charge on any atom is 2.00 e. The number of benzene rings is 2. The van der Waals surface area contributed by atoms with Gasteiger partial charge >= 0.3 is 19.5 Å². The van der Waals surface area contributed by atoms with Crippen LogP contribution in [0.4, 0.5) is 11.4 Å². The van der Waals surface area contributed by atoms with E-state index in [1.807, 2.05) is 0 Å². The Hall–Kier alpha value is 0.303. The minimum atomic E-state index is 0. The van der Waals surface area contributed by atoms with E-state index in [2.05, 4.69) is 64.1 Å². The van der Waals surface area contributed by atoms with Crippen molar-refractivity contribution in [1.82, 2.24) is 0 Å². The van der Waals surface area contributed by atoms with E-state index in [9.17, 15) is 0 Å². The molecule has 9 heteroatoms. The summed E-state index contributed by atoms with van der Waals surface area (Å²) >= 11 is 32.1. The first kappa shape index (κ1) is 59.3. The molecule has 2 N–H and O–H groups in total. The SMILES string of the molecule is CCCCCCCCCc1cccc([NH+]([S-])C(=S)[S-])c1CCCCCCCCC.CCCCCCCCCc1cccc([NH+]([S-])C(=S)[S-])c1CCCCCCCCC.[Zn+2]. The molecule has 2 atom stereocenters. The zero-order chi connectivity index (χ0) is 42.6. The van der Waals surface area contributed by atoms with E-state index in [1.54, 1.807) is 0 Å². The molecular formula is C50H84N2S6Zn. The third-order valence-corrected chi connectivity index (χ3v) is 13.7. The molecule has 0 saturated heterocycles. The van der Waals surface area contributed by atoms with Gasteiger partial charge in [0.25, 0.3) is 0 Å². The van der Waals surface area contributed by atoms with Gasteiger partial charge < -0.3 is 83.9 Å². The largest absolute Gasteiger partial charge is 2.00 e. The monoisotopic (exact) mass is 968 g/mol. The Bertz CT molecular complexity index is 1220. The summed E-state index contributed by atoms with van der Waals surface area (Å²) in [6.45, 7) is 9.10. The molecule has 0 bridgehead atoms. The zero-order valence-electron chi connectivity index (χ0n) is 38.2. The molecule has 332 valence electrons. The molecule has 0 aliphatic heterocycles. The summed E-state index contributed by atoms with van der Waals surface area (Å²) in [5.41, 5.74) is 8.04. The van der Waals surface area contributed by atoms with E-state index < -0.39 is 0 Å². The van der Waals surface area contributed by atoms with Crippen molar-refractivity contribution in [3.63, 3.8) is 0 Å². The molecule has 0 amide bonds. The Morgan fingerprint density at radius 2 is 0.627 bits per heavy atom. The first-order chi connectivity index (χ1) is 28.2. The Morgan fingerprint density at radius 3 is 0.881 bits per heavy atom. The zero-order valence-corrected chi connectivity index (χ0v) is 46.1. The number of hydrogen-bond acceptors (Lipinski definition) is 6. The summed E-state index contributed by atoms with van der Waals surface area (Å²) in [6, 6.07) is 13.1. The average Bonchev–Trinajstić information content (AvgIpc) is 3.22. The van der Waals surface area contributed by atoms with Gasteiger partial charge in [0.2, 0.25) is 0 Å². The third-order valence-electron chi connectivity index (χ3n) is 11.6. The van der Waals surface area contributed by atoms with E-state index in [4.69, 9.17) is 75.3 Å². The Kier molecular flexibility index (Phi) is 41.2. The van der Waals surface area contributed by atoms with Crippen LogP contribution in [-0.2, 0) is 96.0 Å². The van der Waals surface area contributed by atoms with Crippen LogP contribution in [0.2, 0.25) is 0 Å². The van der Waals surface area contributed by atoms with Crippen molar-refractivity contribution in [3.05, 3.63) is 58.7 Å². The smallest absolute Gasteiger partial charge is 0.485 e. The van der Waals surface area contributed by atoms with Gasteiger partial charge in [-0.3, -0.25) is 0 Å². The van der Waals surface area contributed by atoms with Crippen molar-refractivity contribution in [1.29, 1.82) is 0 Å². The Morgan fingerprint density at radius 1 is 0.390 bits per heavy atom. The molecule has 2 rings (SSSR count). The van der Waals surface area contributed by atoms with Gasteiger partial charge in [0.15, 0.2) is 0 Å². The second-order valence-corrected chi connectivity index (χ2v) is 19.6. The van der Waals surface area contributed by atoms with Gasteiger partial charge in [0.05, 0.1) is 0 Å². The van der Waals surface area contributed by atoms with Crippen molar-refractivity contribution in [3.8, 4) is 0 Å². The van der Waals surface area contributed by atoms with Crippen LogP contribution >= 0.6 is 24.4 Å². The van der Waals surface area contributed by atoms with Crippen LogP contribution in [0.1, 0.15) is 230 Å². The Labute approximate surface area is 411 Å². The van der Waals surface area contributed by atoms with Crippen LogP contribution in [0.15, 0.2) is 36.4 Å². The molecule has 0 saturated carbocycles. The van der Waals surface area contributed by atoms with Gasteiger partial charge in [-0.1, -0.05) is 206 Å². The second-order valence-electron chi connectivity index (χ2n) is 16.6. The van der Waals surface area contributed by atoms with Gasteiger partial charge in [-0.15, -0.1) is 0 Å². The summed E-state index contributed by atoms with van der Waals surface area (Å²) in [5, 5.41) is 0. The molecule has 0 fully saturated rings. The van der Waals surface area contributed by atoms with Crippen molar-refractivity contribution in [2.24, 2.45) is 0 Å². The van der Waals surface area contributed by atoms with E-state index in [0.29, 0.717) is 17.3 Å². The van der Waals surface area contributed by atoms with E-state index in [1.165, 1.54) is 202 Å². The van der Waals surface area contributed by atoms with Crippen LogP contribution in [0.3, 0.4) is 0 Å². The molecule has 0 aliphatic carbocycles. The number of hydrogen-bond donors (Lipinski definition) is 2. The van der Waals surface area contributed by atoms with E-state index in [-0.39, 0.29) is 19.5 Å². The molecular weight excluding hydrogens is 886 g/mol. The molecule has 0 radical (unpaired) electrons. The molecule has 2 nitrogen and oxygen atoms in total. The van der Waals surface area contributed by atoms with Crippen LogP contribution in [0.5, 0.6) is 0 Å². The summed E-state index contributed by atoms with van der Waals surface area (Å²) in [7, 11) is 0. The van der Waals surface area contributed by atoms with E-state index >= 15 is 0 Å². The molecule has 2 unspecified atom stereocenters. The van der Waals surface area contributed by atoms with Gasteiger partial charge in [-0.05, 0) is 74.6 Å². The minimum absolute atomic E-state index is 0. The molecule has 0 spiro atoms. The van der Waals surface area contributed by atoms with Crippen molar-refractivity contribution < 1.29 is 28.1 Å². The number of unbranched alkanes of at least 4 members (excludes halogenated alkanes) is 24. The van der Waals surface area contributed by atoms with Gasteiger partial charge in [-0.25, -0.2) is 0 Å². The topological polar surface area (TPSA) is 8.88 Å². The van der Waals surface area contributed by atoms with Gasteiger partial charge in [0, 0.05) is 19.8 Å². The van der Waals surface area contributed by atoms with Crippen molar-refractivity contribution in [2.75, 3.05) is 0 Å². The number of rotatable bonds is 34. The maximum atomic E-state index is 5.59. The number of nitrogens with one attached hydrogen (secondary N) is 2. The number of quaternary nitrogens is 2. The summed E-state index contributed by atoms with van der Waals surface area (Å²) in [5.74, 6) is 0. The average molecular weight is 971 g/mol. The van der Waals surface area contributed by atoms with Crippen LogP contribution < -0.4 is 8.61 Å². The predicted octanol–water partition coefficient (Wildman–Crippen LogP) is 14.2. The normalized spacial score (nSPS) is 12.0. The van der Waals surface area contributed by atoms with E-state index in [0.717, 1.165) is 37.1 Å². The molecule has 2 aromatic rings. The van der Waals surface area contributed by atoms with Crippen molar-refractivity contribution >= 4 is 95.3 Å². The first-order valence-electron chi connectivity index (χ1n) is 24.0. The minimum Gasteiger partial charge on any atom is -0.485 e. The second kappa shape index (κ2) is 41.0. The van der Waals surface area contributed by atoms with Gasteiger partial charge in [-0.2, -0.15) is 0 Å². The molecule has 0 aromatic heterocycles. The van der Waals surface area contributed by atoms with Gasteiger partial charge in [0.1, 0.15) is 11.4 Å². The standard InChI is InChI=1S/2C25H43NS3.Zn/c2*1-3-5-7-9-11-13-15-18-22-19-17-21-24(26(29)25(27)28)23(22)20-16-14-12-10-8-6-4-2;/h2*17,19,21,26H,3-16,18,20H2,1-2H3,(H,27,28);/q;;+2/p-2. The fraction of sp³-hybridized carbons (Fsp3) is 0.720. The number of aryl methyl sites for hydroxylation is 2. The molecule has 0 aliphatic rings. The third kappa shape index (κ3) is 28.7. The summed E-state index contributed by atoms with van der Waals surface area (Å²) in [4.78, 5) is 0. The molecule has 2 aromatic carbocycles. The maximum absolute atomic E-state index is 5.59. The first-order valence-corrected chi connectivity index (χ1v) is 26.4. The van der Waals surface area contributed by atoms with Crippen LogP contribution in [-0.4, -0.2) is 8.64 Å². The van der Waals surface area contributed by atoms with Crippen LogP contribution in [0, 0.1) is 0 Å². The summed E-state index contributed by atoms with van der Waals surface area (Å²) in [6.07, 6.45) is 42.0. The quantitative estimate of drug-likeness (QED) is 0.0311. The molecule has 59 heavy (non-hydrogen) atoms. The molecule has 0 heterocycles. The van der Waals surface area contributed by atoms with Crippen molar-refractivity contribution in [2.45, 2.75) is 233 Å². The predicted molar refractivity (Wildman–Crippen MR) is 276 cm³/mol. The fourth-order valence-corrected chi connectivity index (χ4v) is 8.86. The number of thiocarbonyl (C=S) groups is 2. The van der Waals surface area contributed by atoms with Crippen LogP contribution in [0.25, 0.3) is 0 Å². The summed E-state index contributed by atoms with van der Waals surface area (Å²) < 4.78 is 2.28.